The van der Waals surface area contributed by atoms with Gasteiger partial charge in [0.2, 0.25) is 0 Å². The second-order valence-corrected chi connectivity index (χ2v) is 2.49. The minimum Gasteiger partial charge on any atom is -0.256 e. The lowest BCUT2D eigenvalue weighted by Crippen LogP contribution is -1.79. The Labute approximate surface area is 65.7 Å². The highest BCUT2D eigenvalue weighted by Gasteiger charge is 1.93. The van der Waals surface area contributed by atoms with E-state index in [1.54, 1.807) is 6.20 Å². The molecule has 0 aliphatic rings. The summed E-state index contributed by atoms with van der Waals surface area (Å²) in [5, 5.41) is 1.13. The molecule has 1 heterocycles. The second-order valence-electron chi connectivity index (χ2n) is 2.49. The fourth-order valence-corrected chi connectivity index (χ4v) is 1.16. The lowest BCUT2D eigenvalue weighted by molar-refractivity contribution is 1.40. The lowest BCUT2D eigenvalue weighted by atomic mass is 10.1. The average molecular weight is 142 g/mol. The average Bonchev–Trinajstić information content (AvgIpc) is 2.06. The molecule has 1 radical (unpaired) electrons. The molecule has 0 aliphatic carbocycles. The summed E-state index contributed by atoms with van der Waals surface area (Å²) < 4.78 is 0. The number of hydrogen-bond acceptors (Lipinski definition) is 1. The Hall–Kier alpha value is -1.37. The van der Waals surface area contributed by atoms with E-state index in [9.17, 15) is 0 Å². The molecular formula is C10H8N. The van der Waals surface area contributed by atoms with Gasteiger partial charge in [-0.3, -0.25) is 4.98 Å². The van der Waals surface area contributed by atoms with Crippen LogP contribution in [0.25, 0.3) is 10.9 Å². The standard InChI is InChI=1S/C10H8N/c1-8-6-7-11-10-5-3-2-4-9(8)10/h2-7H,1H2. The van der Waals surface area contributed by atoms with Crippen LogP contribution in [0, 0.1) is 6.92 Å². The van der Waals surface area contributed by atoms with Gasteiger partial charge in [-0.15, -0.1) is 0 Å². The predicted molar refractivity (Wildman–Crippen MR) is 46.2 cm³/mol. The van der Waals surface area contributed by atoms with E-state index < -0.39 is 0 Å². The molecule has 0 spiro atoms. The van der Waals surface area contributed by atoms with E-state index >= 15 is 0 Å². The highest BCUT2D eigenvalue weighted by atomic mass is 14.6. The molecule has 0 atom stereocenters. The van der Waals surface area contributed by atoms with Crippen molar-refractivity contribution in [1.29, 1.82) is 0 Å². The monoisotopic (exact) mass is 142 g/mol. The number of fused-ring (bicyclic) bond motifs is 1. The van der Waals surface area contributed by atoms with Gasteiger partial charge in [0.15, 0.2) is 0 Å². The van der Waals surface area contributed by atoms with Gasteiger partial charge in [-0.2, -0.15) is 0 Å². The van der Waals surface area contributed by atoms with Gasteiger partial charge in [-0.25, -0.2) is 0 Å². The fraction of sp³-hybridized carbons (Fsp3) is 0. The Morgan fingerprint density at radius 1 is 1.09 bits per heavy atom. The van der Waals surface area contributed by atoms with Crippen LogP contribution in [0.3, 0.4) is 0 Å². The predicted octanol–water partition coefficient (Wildman–Crippen LogP) is 2.42. The maximum Gasteiger partial charge on any atom is 0.0704 e. The van der Waals surface area contributed by atoms with E-state index in [1.807, 2.05) is 30.3 Å². The van der Waals surface area contributed by atoms with Gasteiger partial charge in [0, 0.05) is 11.6 Å². The largest absolute Gasteiger partial charge is 0.256 e. The number of para-hydroxylation sites is 1. The Balaban J connectivity index is 2.91. The van der Waals surface area contributed by atoms with E-state index in [0.717, 1.165) is 16.5 Å². The summed E-state index contributed by atoms with van der Waals surface area (Å²) in [5.74, 6) is 0. The minimum absolute atomic E-state index is 1.01. The van der Waals surface area contributed by atoms with Crippen molar-refractivity contribution in [1.82, 2.24) is 4.98 Å². The Morgan fingerprint density at radius 2 is 1.91 bits per heavy atom. The summed E-state index contributed by atoms with van der Waals surface area (Å²) in [6.07, 6.45) is 1.78. The van der Waals surface area contributed by atoms with Crippen LogP contribution in [-0.4, -0.2) is 4.98 Å². The first-order valence-electron chi connectivity index (χ1n) is 3.53. The molecular weight excluding hydrogens is 134 g/mol. The summed E-state index contributed by atoms with van der Waals surface area (Å²) in [6, 6.07) is 9.92. The van der Waals surface area contributed by atoms with Crippen LogP contribution in [0.4, 0.5) is 0 Å². The Kier molecular flexibility index (Phi) is 1.35. The van der Waals surface area contributed by atoms with E-state index in [-0.39, 0.29) is 0 Å². The first-order chi connectivity index (χ1) is 5.38. The molecule has 0 fully saturated rings. The molecule has 0 saturated carbocycles. The van der Waals surface area contributed by atoms with Crippen LogP contribution in [0.2, 0.25) is 0 Å². The number of rotatable bonds is 0. The molecule has 2 aromatic rings. The van der Waals surface area contributed by atoms with Crippen LogP contribution in [0.15, 0.2) is 36.5 Å². The molecule has 1 aromatic carbocycles. The zero-order valence-electron chi connectivity index (χ0n) is 6.12. The third-order valence-electron chi connectivity index (χ3n) is 1.74. The molecule has 11 heavy (non-hydrogen) atoms. The van der Waals surface area contributed by atoms with E-state index in [4.69, 9.17) is 0 Å². The number of nitrogens with zero attached hydrogens (tertiary/aromatic N) is 1. The summed E-state index contributed by atoms with van der Waals surface area (Å²) in [4.78, 5) is 4.20. The molecule has 0 bridgehead atoms. The van der Waals surface area contributed by atoms with Crippen LogP contribution in [-0.2, 0) is 0 Å². The molecule has 0 N–H and O–H groups in total. The Morgan fingerprint density at radius 3 is 2.73 bits per heavy atom. The molecule has 0 saturated heterocycles. The highest BCUT2D eigenvalue weighted by molar-refractivity contribution is 5.82. The molecule has 2 rings (SSSR count). The van der Waals surface area contributed by atoms with Crippen molar-refractivity contribution >= 4 is 10.9 Å². The summed E-state index contributed by atoms with van der Waals surface area (Å²) in [5.41, 5.74) is 2.05. The maximum absolute atomic E-state index is 4.20. The van der Waals surface area contributed by atoms with E-state index in [0.29, 0.717) is 0 Å². The van der Waals surface area contributed by atoms with Gasteiger partial charge >= 0.3 is 0 Å². The molecule has 0 amide bonds. The van der Waals surface area contributed by atoms with Crippen LogP contribution in [0.1, 0.15) is 5.56 Å². The first kappa shape index (κ1) is 6.35. The van der Waals surface area contributed by atoms with Crippen molar-refractivity contribution < 1.29 is 0 Å². The SMILES string of the molecule is [CH2]c1ccnc2ccccc12. The third kappa shape index (κ3) is 0.984. The van der Waals surface area contributed by atoms with Crippen molar-refractivity contribution in [3.8, 4) is 0 Å². The normalized spacial score (nSPS) is 10.3. The molecule has 0 aliphatic heterocycles. The molecule has 53 valence electrons. The third-order valence-corrected chi connectivity index (χ3v) is 1.74. The summed E-state index contributed by atoms with van der Waals surface area (Å²) >= 11 is 0. The van der Waals surface area contributed by atoms with E-state index in [1.165, 1.54) is 0 Å². The first-order valence-corrected chi connectivity index (χ1v) is 3.53. The van der Waals surface area contributed by atoms with Crippen molar-refractivity contribution in [2.75, 3.05) is 0 Å². The van der Waals surface area contributed by atoms with Gasteiger partial charge in [0.05, 0.1) is 5.52 Å². The van der Waals surface area contributed by atoms with Crippen LogP contribution >= 0.6 is 0 Å². The van der Waals surface area contributed by atoms with Gasteiger partial charge in [0.25, 0.3) is 0 Å². The second kappa shape index (κ2) is 2.35. The quantitative estimate of drug-likeness (QED) is 0.550. The van der Waals surface area contributed by atoms with Gasteiger partial charge in [-0.05, 0) is 24.6 Å². The van der Waals surface area contributed by atoms with Crippen molar-refractivity contribution in [3.05, 3.63) is 49.0 Å². The highest BCUT2D eigenvalue weighted by Crippen LogP contribution is 2.13. The lowest BCUT2D eigenvalue weighted by Gasteiger charge is -1.97. The maximum atomic E-state index is 4.20. The number of hydrogen-bond donors (Lipinski definition) is 0. The zero-order chi connectivity index (χ0) is 7.68. The summed E-state index contributed by atoms with van der Waals surface area (Å²) in [7, 11) is 0. The smallest absolute Gasteiger partial charge is 0.0704 e. The van der Waals surface area contributed by atoms with Gasteiger partial charge in [-0.1, -0.05) is 18.2 Å². The summed E-state index contributed by atoms with van der Waals surface area (Å²) in [6.45, 7) is 3.91. The molecule has 1 aromatic heterocycles. The molecule has 1 nitrogen and oxygen atoms in total. The van der Waals surface area contributed by atoms with Crippen molar-refractivity contribution in [3.63, 3.8) is 0 Å². The van der Waals surface area contributed by atoms with Crippen molar-refractivity contribution in [2.24, 2.45) is 0 Å². The number of aromatic nitrogens is 1. The van der Waals surface area contributed by atoms with E-state index in [2.05, 4.69) is 11.9 Å². The fourth-order valence-electron chi connectivity index (χ4n) is 1.16. The Bertz CT molecular complexity index is 374. The van der Waals surface area contributed by atoms with Gasteiger partial charge in [0.1, 0.15) is 0 Å². The number of benzene rings is 1. The topological polar surface area (TPSA) is 12.9 Å². The molecule has 1 heteroatoms. The van der Waals surface area contributed by atoms with Crippen molar-refractivity contribution in [2.45, 2.75) is 0 Å². The minimum atomic E-state index is 1.01. The zero-order valence-corrected chi connectivity index (χ0v) is 6.12. The van der Waals surface area contributed by atoms with Crippen LogP contribution < -0.4 is 0 Å². The number of pyridine rings is 1. The van der Waals surface area contributed by atoms with Crippen LogP contribution in [0.5, 0.6) is 0 Å². The molecule has 0 unspecified atom stereocenters. The van der Waals surface area contributed by atoms with Gasteiger partial charge < -0.3 is 0 Å².